The summed E-state index contributed by atoms with van der Waals surface area (Å²) >= 11 is 0. The lowest BCUT2D eigenvalue weighted by Crippen LogP contribution is -2.55. The average Bonchev–Trinajstić information content (AvgIpc) is 2.45. The van der Waals surface area contributed by atoms with E-state index in [1.165, 1.54) is 0 Å². The number of fused-ring (bicyclic) bond motifs is 1. The molecule has 0 aliphatic carbocycles. The summed E-state index contributed by atoms with van der Waals surface area (Å²) in [5.74, 6) is -0.744. The van der Waals surface area contributed by atoms with Crippen LogP contribution < -0.4 is 0 Å². The molecule has 2 aliphatic heterocycles. The summed E-state index contributed by atoms with van der Waals surface area (Å²) in [5.41, 5.74) is 2.10. The molecule has 21 heavy (non-hydrogen) atoms. The Morgan fingerprint density at radius 1 is 1.24 bits per heavy atom. The maximum Gasteiger partial charge on any atom is 0.344 e. The van der Waals surface area contributed by atoms with Gasteiger partial charge in [0.25, 0.3) is 0 Å². The zero-order valence-electron chi connectivity index (χ0n) is 13.0. The highest BCUT2D eigenvalue weighted by molar-refractivity contribution is 6.69. The van der Waals surface area contributed by atoms with Gasteiger partial charge in [-0.1, -0.05) is 35.5 Å². The quantitative estimate of drug-likeness (QED) is 0.799. The number of hydrogen-bond acceptors (Lipinski definition) is 4. The van der Waals surface area contributed by atoms with Crippen LogP contribution in [0.3, 0.4) is 0 Å². The molecule has 4 nitrogen and oxygen atoms in total. The normalized spacial score (nSPS) is 29.3. The Balaban J connectivity index is 1.87. The SMILES string of the molecule is C[Si](C)(C)OC12OCCCC1CC(c1ccccc1)=NO2. The van der Waals surface area contributed by atoms with E-state index in [0.717, 1.165) is 30.5 Å². The van der Waals surface area contributed by atoms with Crippen molar-refractivity contribution in [2.24, 2.45) is 11.1 Å². The molecule has 1 aromatic carbocycles. The Morgan fingerprint density at radius 2 is 2.00 bits per heavy atom. The molecule has 2 aliphatic rings. The Bertz CT molecular complexity index is 526. The van der Waals surface area contributed by atoms with Crippen molar-refractivity contribution in [2.75, 3.05) is 6.61 Å². The summed E-state index contributed by atoms with van der Waals surface area (Å²) in [6, 6.07) is 10.2. The van der Waals surface area contributed by atoms with E-state index in [-0.39, 0.29) is 5.92 Å². The fourth-order valence-electron chi connectivity index (χ4n) is 2.92. The Morgan fingerprint density at radius 3 is 2.71 bits per heavy atom. The van der Waals surface area contributed by atoms with Crippen molar-refractivity contribution in [3.63, 3.8) is 0 Å². The van der Waals surface area contributed by atoms with Crippen molar-refractivity contribution < 1.29 is 14.0 Å². The maximum atomic E-state index is 6.24. The molecule has 0 saturated carbocycles. The molecule has 0 aromatic heterocycles. The number of oxime groups is 1. The standard InChI is InChI=1S/C16H23NO3Si/c1-21(2,3)20-16-14(10-7-11-18-16)12-15(17-19-16)13-8-5-4-6-9-13/h4-6,8-9,14H,7,10-12H2,1-3H3. The number of benzene rings is 1. The lowest BCUT2D eigenvalue weighted by Gasteiger charge is -2.45. The molecule has 1 aromatic rings. The van der Waals surface area contributed by atoms with E-state index < -0.39 is 14.3 Å². The van der Waals surface area contributed by atoms with Gasteiger partial charge >= 0.3 is 5.97 Å². The minimum Gasteiger partial charge on any atom is -0.358 e. The number of hydrogen-bond donors (Lipinski definition) is 0. The molecular weight excluding hydrogens is 282 g/mol. The minimum atomic E-state index is -1.78. The van der Waals surface area contributed by atoms with Gasteiger partial charge in [0.05, 0.1) is 18.2 Å². The monoisotopic (exact) mass is 305 g/mol. The van der Waals surface area contributed by atoms with E-state index in [1.54, 1.807) is 0 Å². The maximum absolute atomic E-state index is 6.24. The molecule has 0 radical (unpaired) electrons. The summed E-state index contributed by atoms with van der Waals surface area (Å²) in [4.78, 5) is 5.79. The molecule has 5 heteroatoms. The number of ether oxygens (including phenoxy) is 1. The van der Waals surface area contributed by atoms with Gasteiger partial charge in [-0.2, -0.15) is 0 Å². The van der Waals surface area contributed by atoms with Crippen molar-refractivity contribution >= 4 is 14.0 Å². The first-order valence-electron chi connectivity index (χ1n) is 7.63. The number of nitrogens with zero attached hydrogens (tertiary/aromatic N) is 1. The van der Waals surface area contributed by atoms with Gasteiger partial charge in [0, 0.05) is 6.42 Å². The van der Waals surface area contributed by atoms with Crippen molar-refractivity contribution in [3.05, 3.63) is 35.9 Å². The van der Waals surface area contributed by atoms with Gasteiger partial charge in [0.2, 0.25) is 0 Å². The van der Waals surface area contributed by atoms with E-state index >= 15 is 0 Å². The third-order valence-electron chi connectivity index (χ3n) is 3.78. The van der Waals surface area contributed by atoms with Crippen LogP contribution in [0.2, 0.25) is 19.6 Å². The van der Waals surface area contributed by atoms with Crippen molar-refractivity contribution in [1.29, 1.82) is 0 Å². The van der Waals surface area contributed by atoms with Crippen LogP contribution in [0.15, 0.2) is 35.5 Å². The highest BCUT2D eigenvalue weighted by Gasteiger charge is 2.51. The van der Waals surface area contributed by atoms with Crippen LogP contribution in [0.5, 0.6) is 0 Å². The third-order valence-corrected chi connectivity index (χ3v) is 4.68. The third kappa shape index (κ3) is 3.20. The van der Waals surface area contributed by atoms with Gasteiger partial charge in [0.1, 0.15) is 0 Å². The zero-order valence-corrected chi connectivity index (χ0v) is 14.0. The summed E-state index contributed by atoms with van der Waals surface area (Å²) in [7, 11) is -1.78. The molecule has 114 valence electrons. The van der Waals surface area contributed by atoms with Crippen LogP contribution in [0.4, 0.5) is 0 Å². The fraction of sp³-hybridized carbons (Fsp3) is 0.562. The summed E-state index contributed by atoms with van der Waals surface area (Å²) in [6.45, 7) is 7.13. The van der Waals surface area contributed by atoms with E-state index in [0.29, 0.717) is 6.61 Å². The highest BCUT2D eigenvalue weighted by atomic mass is 28.4. The summed E-state index contributed by atoms with van der Waals surface area (Å²) in [6.07, 6.45) is 2.94. The second kappa shape index (κ2) is 5.55. The predicted octanol–water partition coefficient (Wildman–Crippen LogP) is 3.74. The van der Waals surface area contributed by atoms with E-state index in [4.69, 9.17) is 14.0 Å². The minimum absolute atomic E-state index is 0.214. The van der Waals surface area contributed by atoms with E-state index in [1.807, 2.05) is 18.2 Å². The zero-order chi connectivity index (χ0) is 14.9. The molecular formula is C16H23NO3Si. The summed E-state index contributed by atoms with van der Waals surface area (Å²) in [5, 5.41) is 4.33. The lowest BCUT2D eigenvalue weighted by atomic mass is 9.89. The van der Waals surface area contributed by atoms with Crippen LogP contribution in [-0.2, 0) is 14.0 Å². The molecule has 0 amide bonds. The molecule has 2 unspecified atom stereocenters. The van der Waals surface area contributed by atoms with Crippen LogP contribution in [0.1, 0.15) is 24.8 Å². The van der Waals surface area contributed by atoms with Crippen molar-refractivity contribution in [1.82, 2.24) is 0 Å². The molecule has 1 fully saturated rings. The Labute approximate surface area is 127 Å². The van der Waals surface area contributed by atoms with E-state index in [2.05, 4.69) is 36.9 Å². The molecule has 0 bridgehead atoms. The first kappa shape index (κ1) is 14.8. The first-order valence-corrected chi connectivity index (χ1v) is 11.0. The topological polar surface area (TPSA) is 40.0 Å². The number of rotatable bonds is 3. The van der Waals surface area contributed by atoms with Gasteiger partial charge in [-0.3, -0.25) is 0 Å². The van der Waals surface area contributed by atoms with Gasteiger partial charge < -0.3 is 14.0 Å². The van der Waals surface area contributed by atoms with Gasteiger partial charge in [0.15, 0.2) is 8.32 Å². The Hall–Kier alpha value is -1.17. The second-order valence-electron chi connectivity index (χ2n) is 6.71. The van der Waals surface area contributed by atoms with Crippen LogP contribution in [0, 0.1) is 5.92 Å². The molecule has 1 saturated heterocycles. The van der Waals surface area contributed by atoms with Crippen LogP contribution >= 0.6 is 0 Å². The Kier molecular flexibility index (Phi) is 3.90. The molecule has 2 heterocycles. The smallest absolute Gasteiger partial charge is 0.344 e. The summed E-state index contributed by atoms with van der Waals surface area (Å²) < 4.78 is 12.2. The van der Waals surface area contributed by atoms with Crippen molar-refractivity contribution in [2.45, 2.75) is 44.9 Å². The first-order chi connectivity index (χ1) is 9.99. The predicted molar refractivity (Wildman–Crippen MR) is 84.5 cm³/mol. The van der Waals surface area contributed by atoms with Gasteiger partial charge in [-0.15, -0.1) is 0 Å². The van der Waals surface area contributed by atoms with Crippen LogP contribution in [-0.4, -0.2) is 26.6 Å². The molecule has 2 atom stereocenters. The lowest BCUT2D eigenvalue weighted by molar-refractivity contribution is -0.392. The second-order valence-corrected chi connectivity index (χ2v) is 11.1. The largest absolute Gasteiger partial charge is 0.358 e. The van der Waals surface area contributed by atoms with Gasteiger partial charge in [-0.05, 0) is 38.0 Å². The highest BCUT2D eigenvalue weighted by Crippen LogP contribution is 2.41. The molecule has 0 spiro atoms. The van der Waals surface area contributed by atoms with E-state index in [9.17, 15) is 0 Å². The van der Waals surface area contributed by atoms with Gasteiger partial charge in [-0.25, -0.2) is 0 Å². The fourth-order valence-corrected chi connectivity index (χ4v) is 4.03. The van der Waals surface area contributed by atoms with Crippen molar-refractivity contribution in [3.8, 4) is 0 Å². The average molecular weight is 305 g/mol. The molecule has 3 rings (SSSR count). The van der Waals surface area contributed by atoms with Crippen LogP contribution in [0.25, 0.3) is 0 Å². The molecule has 0 N–H and O–H groups in total.